The molecule has 110 valence electrons. The molecule has 1 heterocycles. The second-order valence-corrected chi connectivity index (χ2v) is 7.35. The predicted octanol–water partition coefficient (Wildman–Crippen LogP) is 0.331. The molecule has 0 radical (unpaired) electrons. The van der Waals surface area contributed by atoms with E-state index in [1.165, 1.54) is 19.2 Å². The van der Waals surface area contributed by atoms with Crippen LogP contribution in [0.1, 0.15) is 24.8 Å². The third kappa shape index (κ3) is 3.81. The normalized spacial score (nSPS) is 11.5. The summed E-state index contributed by atoms with van der Waals surface area (Å²) in [6.07, 6.45) is 5.64. The van der Waals surface area contributed by atoms with Gasteiger partial charge in [-0.3, -0.25) is 0 Å². The van der Waals surface area contributed by atoms with Gasteiger partial charge in [0.2, 0.25) is 0 Å². The molecule has 0 spiro atoms. The molecule has 5 heteroatoms. The van der Waals surface area contributed by atoms with Crippen LogP contribution in [0.4, 0.5) is 0 Å². The number of ether oxygens (including phenoxy) is 1. The summed E-state index contributed by atoms with van der Waals surface area (Å²) in [5.74, 6) is 0.943. The third-order valence-corrected chi connectivity index (χ3v) is 6.41. The van der Waals surface area contributed by atoms with Crippen molar-refractivity contribution in [1.82, 2.24) is 0 Å². The third-order valence-electron chi connectivity index (χ3n) is 3.15. The quantitative estimate of drug-likeness (QED) is 0.357. The molecular formula is C15H20INOSSe. The van der Waals surface area contributed by atoms with Gasteiger partial charge in [-0.15, -0.1) is 0 Å². The van der Waals surface area contributed by atoms with Crippen molar-refractivity contribution in [2.24, 2.45) is 0 Å². The second kappa shape index (κ2) is 8.47. The molecule has 2 nitrogen and oxygen atoms in total. The number of rotatable bonds is 5. The van der Waals surface area contributed by atoms with Gasteiger partial charge >= 0.3 is 125 Å². The fourth-order valence-corrected chi connectivity index (χ4v) is 5.23. The van der Waals surface area contributed by atoms with Crippen molar-refractivity contribution in [2.75, 3.05) is 13.4 Å². The maximum Gasteiger partial charge on any atom is -1.00 e. The van der Waals surface area contributed by atoms with Gasteiger partial charge in [-0.25, -0.2) is 0 Å². The Balaban J connectivity index is 0.00000200. The molecule has 2 aromatic rings. The molecule has 0 fully saturated rings. The summed E-state index contributed by atoms with van der Waals surface area (Å²) in [7, 11) is 1.73. The predicted molar refractivity (Wildman–Crippen MR) is 85.1 cm³/mol. The van der Waals surface area contributed by atoms with E-state index in [1.54, 1.807) is 7.11 Å². The average molecular weight is 468 g/mol. The zero-order valence-electron chi connectivity index (χ0n) is 12.3. The molecule has 2 rings (SSSR count). The van der Waals surface area contributed by atoms with E-state index in [0.717, 1.165) is 18.7 Å². The number of benzene rings is 1. The molecule has 0 aliphatic heterocycles. The van der Waals surface area contributed by atoms with Gasteiger partial charge in [0.15, 0.2) is 0 Å². The smallest absolute Gasteiger partial charge is 1.00 e. The van der Waals surface area contributed by atoms with E-state index >= 15 is 0 Å². The van der Waals surface area contributed by atoms with Crippen LogP contribution in [0.15, 0.2) is 23.1 Å². The number of methoxy groups -OCH3 is 1. The van der Waals surface area contributed by atoms with Crippen LogP contribution in [-0.2, 0) is 6.54 Å². The van der Waals surface area contributed by atoms with Crippen LogP contribution in [0.25, 0.3) is 15.9 Å². The van der Waals surface area contributed by atoms with E-state index in [1.807, 2.05) is 11.8 Å². The van der Waals surface area contributed by atoms with Crippen LogP contribution in [-0.4, -0.2) is 27.9 Å². The van der Waals surface area contributed by atoms with Gasteiger partial charge < -0.3 is 24.0 Å². The first-order valence-electron chi connectivity index (χ1n) is 6.48. The van der Waals surface area contributed by atoms with Gasteiger partial charge in [0, 0.05) is 0 Å². The van der Waals surface area contributed by atoms with Crippen molar-refractivity contribution < 1.29 is 33.3 Å². The van der Waals surface area contributed by atoms with Crippen molar-refractivity contribution in [3.8, 4) is 5.75 Å². The molecule has 1 aromatic heterocycles. The Morgan fingerprint density at radius 1 is 1.40 bits per heavy atom. The average Bonchev–Trinajstić information content (AvgIpc) is 2.80. The summed E-state index contributed by atoms with van der Waals surface area (Å²) in [5.41, 5.74) is 1.32. The van der Waals surface area contributed by atoms with Crippen molar-refractivity contribution in [1.29, 1.82) is 0 Å². The van der Waals surface area contributed by atoms with E-state index < -0.39 is 0 Å². The minimum Gasteiger partial charge on any atom is -1.00 e. The molecular weight excluding hydrogens is 448 g/mol. The fourth-order valence-electron chi connectivity index (χ4n) is 2.08. The largest absolute Gasteiger partial charge is 1.00 e. The number of thioether (sulfide) groups is 1. The number of fused-ring (bicyclic) bond motifs is 1. The number of allylic oxidation sites excluding steroid dienone is 1. The summed E-state index contributed by atoms with van der Waals surface area (Å²) in [6.45, 7) is 5.44. The van der Waals surface area contributed by atoms with Crippen LogP contribution in [0.2, 0.25) is 0 Å². The number of nitrogens with zero attached hydrogens (tertiary/aromatic N) is 1. The second-order valence-electron chi connectivity index (χ2n) is 4.19. The topological polar surface area (TPSA) is 13.1 Å². The van der Waals surface area contributed by atoms with E-state index in [4.69, 9.17) is 4.74 Å². The van der Waals surface area contributed by atoms with Crippen molar-refractivity contribution >= 4 is 42.1 Å². The number of hydrogen-bond donors (Lipinski definition) is 0. The van der Waals surface area contributed by atoms with Gasteiger partial charge in [0.1, 0.15) is 0 Å². The molecule has 0 N–H and O–H groups in total. The first-order chi connectivity index (χ1) is 9.23. The Hall–Kier alpha value is 0.0295. The van der Waals surface area contributed by atoms with E-state index in [0.29, 0.717) is 14.5 Å². The molecule has 0 aliphatic carbocycles. The molecule has 0 unspecified atom stereocenters. The Bertz CT molecular complexity index is 603. The SMILES string of the molecule is CC/C(=C\c1[se]c2ccc(OC)cc2[n+]1CC)SC.[I-]. The number of halogens is 1. The van der Waals surface area contributed by atoms with Crippen LogP contribution in [0, 0.1) is 0 Å². The van der Waals surface area contributed by atoms with Crippen molar-refractivity contribution in [3.05, 3.63) is 27.7 Å². The maximum atomic E-state index is 5.34. The van der Waals surface area contributed by atoms with Gasteiger partial charge in [0.05, 0.1) is 0 Å². The van der Waals surface area contributed by atoms with Crippen molar-refractivity contribution in [2.45, 2.75) is 26.8 Å². The molecule has 0 atom stereocenters. The molecule has 0 amide bonds. The Labute approximate surface area is 148 Å². The zero-order chi connectivity index (χ0) is 13.8. The zero-order valence-corrected chi connectivity index (χ0v) is 17.0. The Morgan fingerprint density at radius 2 is 2.15 bits per heavy atom. The van der Waals surface area contributed by atoms with Gasteiger partial charge in [-0.1, -0.05) is 0 Å². The fraction of sp³-hybridized carbons (Fsp3) is 0.400. The van der Waals surface area contributed by atoms with E-state index in [2.05, 4.69) is 48.9 Å². The number of aryl methyl sites for hydroxylation is 1. The summed E-state index contributed by atoms with van der Waals surface area (Å²) in [5, 5.41) is 0. The molecule has 0 aliphatic rings. The van der Waals surface area contributed by atoms with Crippen molar-refractivity contribution in [3.63, 3.8) is 0 Å². The minimum absolute atomic E-state index is 0. The number of aromatic nitrogens is 1. The first-order valence-corrected chi connectivity index (χ1v) is 9.42. The minimum atomic E-state index is 0. The summed E-state index contributed by atoms with van der Waals surface area (Å²) < 4.78 is 10.7. The van der Waals surface area contributed by atoms with Crippen LogP contribution in [0.5, 0.6) is 5.75 Å². The Kier molecular flexibility index (Phi) is 7.65. The molecule has 0 saturated heterocycles. The van der Waals surface area contributed by atoms with Crippen LogP contribution < -0.4 is 33.3 Å². The molecule has 0 saturated carbocycles. The monoisotopic (exact) mass is 469 g/mol. The number of hydrogen-bond acceptors (Lipinski definition) is 2. The van der Waals surface area contributed by atoms with E-state index in [9.17, 15) is 0 Å². The standard InChI is InChI=1S/C15H20NOSSe.HI/c1-5-12(18-4)10-15-16(6-2)13-9-11(17-3)7-8-14(13)19-15;/h7-10H,5-6H2,1-4H3;1H/q+1;/p-1/b12-10+;. The molecule has 1 aromatic carbocycles. The summed E-state index contributed by atoms with van der Waals surface area (Å²) >= 11 is 2.27. The molecule has 0 bridgehead atoms. The summed E-state index contributed by atoms with van der Waals surface area (Å²) in [4.78, 5) is 1.45. The van der Waals surface area contributed by atoms with E-state index in [-0.39, 0.29) is 24.0 Å². The van der Waals surface area contributed by atoms with Gasteiger partial charge in [0.25, 0.3) is 0 Å². The molecule has 20 heavy (non-hydrogen) atoms. The van der Waals surface area contributed by atoms with Crippen LogP contribution >= 0.6 is 11.8 Å². The summed E-state index contributed by atoms with van der Waals surface area (Å²) in [6, 6.07) is 6.44. The maximum absolute atomic E-state index is 5.34. The van der Waals surface area contributed by atoms with Gasteiger partial charge in [-0.2, -0.15) is 0 Å². The first kappa shape index (κ1) is 18.1. The Morgan fingerprint density at radius 3 is 2.70 bits per heavy atom. The van der Waals surface area contributed by atoms with Crippen LogP contribution in [0.3, 0.4) is 0 Å². The van der Waals surface area contributed by atoms with Gasteiger partial charge in [-0.05, 0) is 0 Å².